The summed E-state index contributed by atoms with van der Waals surface area (Å²) in [6.07, 6.45) is 6.84. The molecule has 2 aliphatic rings. The Balaban J connectivity index is 2.14. The average Bonchev–Trinajstić information content (AvgIpc) is 2.46. The van der Waals surface area contributed by atoms with E-state index in [4.69, 9.17) is 0 Å². The fourth-order valence-electron chi connectivity index (χ4n) is 3.36. The summed E-state index contributed by atoms with van der Waals surface area (Å²) in [4.78, 5) is 23.7. The Kier molecular flexibility index (Phi) is 4.67. The van der Waals surface area contributed by atoms with Crippen molar-refractivity contribution < 1.29 is 14.7 Å². The second-order valence-corrected chi connectivity index (χ2v) is 6.48. The number of nitrogens with one attached hydrogen (secondary N) is 1. The summed E-state index contributed by atoms with van der Waals surface area (Å²) in [6, 6.07) is 0. The maximum absolute atomic E-state index is 12.1. The van der Waals surface area contributed by atoms with E-state index >= 15 is 0 Å². The van der Waals surface area contributed by atoms with Gasteiger partial charge in [0.05, 0.1) is 6.10 Å². The largest absolute Gasteiger partial charge is 0.388 e. The van der Waals surface area contributed by atoms with Gasteiger partial charge in [-0.05, 0) is 37.0 Å². The number of fused-ring (bicyclic) bond motifs is 1. The third-order valence-electron chi connectivity index (χ3n) is 4.90. The number of aliphatic hydroxyl groups is 1. The number of carbonyl (C=O) groups is 2. The van der Waals surface area contributed by atoms with Crippen LogP contribution in [-0.4, -0.2) is 29.4 Å². The number of carbonyl (C=O) groups excluding carboxylic acids is 2. The van der Waals surface area contributed by atoms with E-state index in [9.17, 15) is 14.7 Å². The van der Waals surface area contributed by atoms with Crippen molar-refractivity contribution in [1.29, 1.82) is 0 Å². The maximum Gasteiger partial charge on any atom is 0.223 e. The minimum atomic E-state index is -0.722. The van der Waals surface area contributed by atoms with Crippen LogP contribution >= 0.6 is 0 Å². The molecule has 0 aromatic rings. The summed E-state index contributed by atoms with van der Waals surface area (Å²) in [6.45, 7) is 6.58. The highest BCUT2D eigenvalue weighted by Crippen LogP contribution is 2.47. The molecule has 1 saturated carbocycles. The van der Waals surface area contributed by atoms with E-state index in [1.165, 1.54) is 0 Å². The van der Waals surface area contributed by atoms with Crippen molar-refractivity contribution in [2.75, 3.05) is 6.54 Å². The van der Waals surface area contributed by atoms with Crippen LogP contribution in [-0.2, 0) is 9.59 Å². The minimum Gasteiger partial charge on any atom is -0.388 e. The molecule has 2 N–H and O–H groups in total. The molecule has 4 atom stereocenters. The number of ketones is 1. The number of amides is 1. The number of aliphatic hydroxyl groups excluding tert-OH is 1. The normalized spacial score (nSPS) is 33.1. The van der Waals surface area contributed by atoms with Crippen molar-refractivity contribution >= 4 is 11.7 Å². The predicted octanol–water partition coefficient (Wildman–Crippen LogP) is 1.99. The third kappa shape index (κ3) is 3.10. The first kappa shape index (κ1) is 16.0. The summed E-state index contributed by atoms with van der Waals surface area (Å²) in [5, 5.41) is 13.5. The third-order valence-corrected chi connectivity index (χ3v) is 4.90. The molecule has 1 amide bonds. The number of rotatable bonds is 4. The highest BCUT2D eigenvalue weighted by Gasteiger charge is 2.44. The van der Waals surface area contributed by atoms with Gasteiger partial charge in [0.15, 0.2) is 5.78 Å². The Labute approximate surface area is 126 Å². The lowest BCUT2D eigenvalue weighted by Gasteiger charge is -2.44. The molecule has 0 spiro atoms. The number of allylic oxidation sites excluding steroid dienone is 3. The molecule has 0 aromatic heterocycles. The molecule has 4 unspecified atom stereocenters. The van der Waals surface area contributed by atoms with Crippen LogP contribution in [0.2, 0.25) is 0 Å². The van der Waals surface area contributed by atoms with Gasteiger partial charge in [-0.2, -0.15) is 0 Å². The zero-order chi connectivity index (χ0) is 15.6. The van der Waals surface area contributed by atoms with Crippen molar-refractivity contribution in [3.05, 3.63) is 23.8 Å². The molecular weight excluding hydrogens is 266 g/mol. The van der Waals surface area contributed by atoms with Gasteiger partial charge in [-0.3, -0.25) is 9.59 Å². The smallest absolute Gasteiger partial charge is 0.223 e. The summed E-state index contributed by atoms with van der Waals surface area (Å²) in [7, 11) is 0. The first-order chi connectivity index (χ1) is 9.89. The highest BCUT2D eigenvalue weighted by atomic mass is 16.3. The van der Waals surface area contributed by atoms with Crippen LogP contribution in [0.5, 0.6) is 0 Å². The van der Waals surface area contributed by atoms with Gasteiger partial charge in [0.2, 0.25) is 5.91 Å². The second-order valence-electron chi connectivity index (χ2n) is 6.48. The van der Waals surface area contributed by atoms with Gasteiger partial charge >= 0.3 is 0 Å². The molecule has 4 heteroatoms. The van der Waals surface area contributed by atoms with E-state index in [-0.39, 0.29) is 28.9 Å². The van der Waals surface area contributed by atoms with Gasteiger partial charge in [-0.15, -0.1) is 0 Å². The summed E-state index contributed by atoms with van der Waals surface area (Å²) in [5.74, 6) is -0.466. The minimum absolute atomic E-state index is 0.0113. The van der Waals surface area contributed by atoms with Crippen molar-refractivity contribution in [2.45, 2.75) is 46.1 Å². The first-order valence-electron chi connectivity index (χ1n) is 7.80. The topological polar surface area (TPSA) is 66.4 Å². The zero-order valence-electron chi connectivity index (χ0n) is 13.1. The Hall–Kier alpha value is -1.42. The van der Waals surface area contributed by atoms with E-state index < -0.39 is 6.10 Å². The van der Waals surface area contributed by atoms with Gasteiger partial charge in [-0.25, -0.2) is 0 Å². The van der Waals surface area contributed by atoms with Gasteiger partial charge in [0, 0.05) is 23.8 Å². The molecule has 0 bridgehead atoms. The van der Waals surface area contributed by atoms with Crippen molar-refractivity contribution in [3.8, 4) is 0 Å². The van der Waals surface area contributed by atoms with E-state index in [0.717, 1.165) is 24.8 Å². The summed E-state index contributed by atoms with van der Waals surface area (Å²) >= 11 is 0. The van der Waals surface area contributed by atoms with Crippen LogP contribution in [0.3, 0.4) is 0 Å². The molecule has 0 radical (unpaired) electrons. The van der Waals surface area contributed by atoms with Crippen LogP contribution in [0.1, 0.15) is 40.0 Å². The van der Waals surface area contributed by atoms with E-state index in [0.29, 0.717) is 6.54 Å². The predicted molar refractivity (Wildman–Crippen MR) is 81.5 cm³/mol. The summed E-state index contributed by atoms with van der Waals surface area (Å²) in [5.41, 5.74) is 0.519. The average molecular weight is 291 g/mol. The van der Waals surface area contributed by atoms with Crippen LogP contribution in [0, 0.1) is 17.3 Å². The molecule has 0 heterocycles. The molecule has 1 fully saturated rings. The SMILES string of the molecule is CCCNC(=O)C(C)C1CCC2(C)C=CC(=O)C=C2C1O. The van der Waals surface area contributed by atoms with Crippen LogP contribution in [0.25, 0.3) is 0 Å². The first-order valence-corrected chi connectivity index (χ1v) is 7.80. The quantitative estimate of drug-likeness (QED) is 0.832. The van der Waals surface area contributed by atoms with Crippen molar-refractivity contribution in [1.82, 2.24) is 5.32 Å². The summed E-state index contributed by atoms with van der Waals surface area (Å²) < 4.78 is 0. The molecule has 2 aliphatic carbocycles. The van der Waals surface area contributed by atoms with Gasteiger partial charge in [-0.1, -0.05) is 26.8 Å². The molecule has 0 aliphatic heterocycles. The number of hydrogen-bond donors (Lipinski definition) is 2. The van der Waals surface area contributed by atoms with Crippen LogP contribution in [0.4, 0.5) is 0 Å². The molecule has 0 saturated heterocycles. The molecule has 0 aromatic carbocycles. The fraction of sp³-hybridized carbons (Fsp3) is 0.647. The van der Waals surface area contributed by atoms with E-state index in [1.54, 1.807) is 12.2 Å². The molecule has 116 valence electrons. The lowest BCUT2D eigenvalue weighted by atomic mass is 9.62. The fourth-order valence-corrected chi connectivity index (χ4v) is 3.36. The maximum atomic E-state index is 12.1. The molecule has 4 nitrogen and oxygen atoms in total. The van der Waals surface area contributed by atoms with Gasteiger partial charge in [0.25, 0.3) is 0 Å². The van der Waals surface area contributed by atoms with Crippen LogP contribution < -0.4 is 5.32 Å². The van der Waals surface area contributed by atoms with E-state index in [1.807, 2.05) is 26.8 Å². The Morgan fingerprint density at radius 1 is 1.57 bits per heavy atom. The van der Waals surface area contributed by atoms with Crippen molar-refractivity contribution in [3.63, 3.8) is 0 Å². The van der Waals surface area contributed by atoms with Crippen molar-refractivity contribution in [2.24, 2.45) is 17.3 Å². The monoisotopic (exact) mass is 291 g/mol. The Morgan fingerprint density at radius 2 is 2.29 bits per heavy atom. The zero-order valence-corrected chi connectivity index (χ0v) is 13.1. The van der Waals surface area contributed by atoms with Gasteiger partial charge in [0.1, 0.15) is 0 Å². The van der Waals surface area contributed by atoms with Crippen LogP contribution in [0.15, 0.2) is 23.8 Å². The number of hydrogen-bond acceptors (Lipinski definition) is 3. The van der Waals surface area contributed by atoms with Gasteiger partial charge < -0.3 is 10.4 Å². The Morgan fingerprint density at radius 3 is 2.95 bits per heavy atom. The molecular formula is C17H25NO3. The molecule has 21 heavy (non-hydrogen) atoms. The highest BCUT2D eigenvalue weighted by molar-refractivity contribution is 6.01. The lowest BCUT2D eigenvalue weighted by molar-refractivity contribution is -0.128. The second kappa shape index (κ2) is 6.14. The standard InChI is InChI=1S/C17H25NO3/c1-4-9-18-16(21)11(2)13-6-8-17(3)7-5-12(19)10-14(17)15(13)20/h5,7,10-11,13,15,20H,4,6,8-9H2,1-3H3,(H,18,21). The lowest BCUT2D eigenvalue weighted by Crippen LogP contribution is -2.45. The van der Waals surface area contributed by atoms with E-state index in [2.05, 4.69) is 5.32 Å². The Bertz CT molecular complexity index is 494. The molecule has 2 rings (SSSR count).